The zero-order valence-corrected chi connectivity index (χ0v) is 19.6. The van der Waals surface area contributed by atoms with E-state index in [4.69, 9.17) is 23.2 Å². The Morgan fingerprint density at radius 2 is 1.82 bits per heavy atom. The number of aromatic hydroxyl groups is 1. The first-order valence-electron chi connectivity index (χ1n) is 11.2. The third kappa shape index (κ3) is 4.63. The van der Waals surface area contributed by atoms with Crippen LogP contribution in [0, 0.1) is 5.92 Å². The quantitative estimate of drug-likeness (QED) is 0.630. The lowest BCUT2D eigenvalue weighted by molar-refractivity contribution is -0.133. The van der Waals surface area contributed by atoms with Crippen molar-refractivity contribution in [2.45, 2.75) is 24.9 Å². The molecule has 3 fully saturated rings. The Morgan fingerprint density at radius 3 is 2.52 bits per heavy atom. The second-order valence-electron chi connectivity index (χ2n) is 9.09. The monoisotopic (exact) mass is 488 g/mol. The summed E-state index contributed by atoms with van der Waals surface area (Å²) in [6, 6.07) is 13.1. The Hall–Kier alpha value is -2.48. The van der Waals surface area contributed by atoms with Crippen molar-refractivity contribution >= 4 is 46.4 Å². The Kier molecular flexibility index (Phi) is 6.12. The van der Waals surface area contributed by atoms with Crippen molar-refractivity contribution in [1.82, 2.24) is 9.80 Å². The zero-order valence-electron chi connectivity index (χ0n) is 18.1. The largest absolute Gasteiger partial charge is 0.506 e. The number of fused-ring (bicyclic) bond motifs is 2. The Balaban J connectivity index is 1.12. The average Bonchev–Trinajstić information content (AvgIpc) is 3.53. The molecule has 0 aliphatic carbocycles. The summed E-state index contributed by atoms with van der Waals surface area (Å²) >= 11 is 11.9. The van der Waals surface area contributed by atoms with Gasteiger partial charge in [0, 0.05) is 42.1 Å². The maximum absolute atomic E-state index is 13.0. The molecular formula is C24H26Cl2N4O3. The first-order chi connectivity index (χ1) is 15.9. The minimum absolute atomic E-state index is 0.0212. The summed E-state index contributed by atoms with van der Waals surface area (Å²) < 4.78 is 0. The number of carbonyl (C=O) groups is 2. The number of nitrogens with one attached hydrogen (secondary N) is 1. The number of nitrogens with zero attached hydrogens (tertiary/aromatic N) is 3. The lowest BCUT2D eigenvalue weighted by Gasteiger charge is -2.36. The number of amides is 2. The smallest absolute Gasteiger partial charge is 0.237 e. The van der Waals surface area contributed by atoms with Crippen molar-refractivity contribution < 1.29 is 14.7 Å². The lowest BCUT2D eigenvalue weighted by Crippen LogP contribution is -2.51. The molecule has 33 heavy (non-hydrogen) atoms. The molecule has 2 bridgehead atoms. The fourth-order valence-corrected chi connectivity index (χ4v) is 5.53. The highest BCUT2D eigenvalue weighted by Crippen LogP contribution is 2.35. The minimum Gasteiger partial charge on any atom is -0.506 e. The van der Waals surface area contributed by atoms with E-state index in [0.717, 1.165) is 36.8 Å². The zero-order chi connectivity index (χ0) is 23.1. The van der Waals surface area contributed by atoms with Gasteiger partial charge in [-0.05, 0) is 61.9 Å². The van der Waals surface area contributed by atoms with Crippen molar-refractivity contribution in [3.63, 3.8) is 0 Å². The molecule has 3 saturated heterocycles. The van der Waals surface area contributed by atoms with Gasteiger partial charge in [-0.25, -0.2) is 0 Å². The first-order valence-corrected chi connectivity index (χ1v) is 12.0. The fourth-order valence-electron chi connectivity index (χ4n) is 5.22. The van der Waals surface area contributed by atoms with E-state index in [9.17, 15) is 14.7 Å². The molecule has 174 valence electrons. The summed E-state index contributed by atoms with van der Waals surface area (Å²) in [7, 11) is 0. The molecule has 0 aromatic heterocycles. The number of carbonyl (C=O) groups excluding carboxylic acids is 2. The number of rotatable bonds is 5. The lowest BCUT2D eigenvalue weighted by atomic mass is 10.1. The van der Waals surface area contributed by atoms with Crippen LogP contribution in [-0.2, 0) is 9.59 Å². The number of piperazine rings is 1. The van der Waals surface area contributed by atoms with E-state index in [1.165, 1.54) is 12.1 Å². The number of hydrogen-bond donors (Lipinski definition) is 2. The highest BCUT2D eigenvalue weighted by atomic mass is 35.5. The van der Waals surface area contributed by atoms with Crippen LogP contribution in [0.15, 0.2) is 42.5 Å². The van der Waals surface area contributed by atoms with Gasteiger partial charge in [0.1, 0.15) is 5.75 Å². The van der Waals surface area contributed by atoms with Crippen LogP contribution in [0.5, 0.6) is 5.75 Å². The molecular weight excluding hydrogens is 463 g/mol. The molecule has 7 nitrogen and oxygen atoms in total. The topological polar surface area (TPSA) is 76.1 Å². The maximum Gasteiger partial charge on any atom is 0.237 e. The minimum atomic E-state index is -0.180. The van der Waals surface area contributed by atoms with Gasteiger partial charge < -0.3 is 20.2 Å². The highest BCUT2D eigenvalue weighted by Gasteiger charge is 2.45. The van der Waals surface area contributed by atoms with Gasteiger partial charge in [-0.1, -0.05) is 23.2 Å². The summed E-state index contributed by atoms with van der Waals surface area (Å²) in [5.41, 5.74) is 1.71. The van der Waals surface area contributed by atoms with Crippen LogP contribution in [0.25, 0.3) is 0 Å². The second kappa shape index (κ2) is 9.05. The van der Waals surface area contributed by atoms with Crippen LogP contribution in [0.4, 0.5) is 11.4 Å². The molecule has 3 aliphatic heterocycles. The molecule has 9 heteroatoms. The van der Waals surface area contributed by atoms with Crippen LogP contribution in [-0.4, -0.2) is 71.5 Å². The molecule has 2 aromatic carbocycles. The van der Waals surface area contributed by atoms with E-state index >= 15 is 0 Å². The van der Waals surface area contributed by atoms with E-state index in [1.807, 2.05) is 29.2 Å². The number of benzene rings is 2. The molecule has 0 spiro atoms. The van der Waals surface area contributed by atoms with Crippen LogP contribution >= 0.6 is 23.2 Å². The van der Waals surface area contributed by atoms with Crippen LogP contribution in [0.1, 0.15) is 12.8 Å². The van der Waals surface area contributed by atoms with Crippen LogP contribution < -0.4 is 10.2 Å². The van der Waals surface area contributed by atoms with E-state index in [0.29, 0.717) is 31.2 Å². The van der Waals surface area contributed by atoms with E-state index < -0.39 is 0 Å². The van der Waals surface area contributed by atoms with Gasteiger partial charge in [0.2, 0.25) is 11.8 Å². The van der Waals surface area contributed by atoms with Crippen LogP contribution in [0.3, 0.4) is 0 Å². The van der Waals surface area contributed by atoms with Gasteiger partial charge in [0.15, 0.2) is 0 Å². The standard InChI is InChI=1S/C24H26Cl2N4O3/c25-16-1-4-18(5-2-16)29-12-20-10-19(29)13-30(20)23(32)14-28-8-7-15(11-28)24(33)27-17-3-6-22(31)21(26)9-17/h1-6,9,15,19-20,31H,7-8,10-14H2,(H,27,33)/t15-,19?,20?/m1/s1. The number of anilines is 2. The highest BCUT2D eigenvalue weighted by molar-refractivity contribution is 6.32. The molecule has 0 radical (unpaired) electrons. The summed E-state index contributed by atoms with van der Waals surface area (Å²) in [6.45, 7) is 3.21. The predicted molar refractivity (Wildman–Crippen MR) is 129 cm³/mol. The van der Waals surface area contributed by atoms with E-state index in [-0.39, 0.29) is 34.5 Å². The summed E-state index contributed by atoms with van der Waals surface area (Å²) in [5.74, 6) is -0.150. The van der Waals surface area contributed by atoms with Crippen molar-refractivity contribution in [2.24, 2.45) is 5.92 Å². The SMILES string of the molecule is O=C(Nc1ccc(O)c(Cl)c1)[C@@H]1CCN(CC(=O)N2CC3CC2CN3c2ccc(Cl)cc2)C1. The van der Waals surface area contributed by atoms with Gasteiger partial charge >= 0.3 is 0 Å². The summed E-state index contributed by atoms with van der Waals surface area (Å²) in [6.07, 6.45) is 1.70. The van der Waals surface area contributed by atoms with Gasteiger partial charge in [0.05, 0.1) is 23.5 Å². The molecule has 2 unspecified atom stereocenters. The van der Waals surface area contributed by atoms with Crippen molar-refractivity contribution in [1.29, 1.82) is 0 Å². The van der Waals surface area contributed by atoms with Gasteiger partial charge in [-0.2, -0.15) is 0 Å². The molecule has 0 saturated carbocycles. The molecule has 5 rings (SSSR count). The normalized spacial score (nSPS) is 24.5. The molecule has 3 aliphatic rings. The van der Waals surface area contributed by atoms with Crippen molar-refractivity contribution in [3.05, 3.63) is 52.5 Å². The number of halogens is 2. The first kappa shape index (κ1) is 22.3. The molecule has 3 heterocycles. The van der Waals surface area contributed by atoms with Gasteiger partial charge in [0.25, 0.3) is 0 Å². The van der Waals surface area contributed by atoms with Gasteiger partial charge in [-0.15, -0.1) is 0 Å². The molecule has 3 atom stereocenters. The molecule has 2 aromatic rings. The Morgan fingerprint density at radius 1 is 1.03 bits per heavy atom. The number of likely N-dealkylation sites (tertiary alicyclic amines) is 2. The van der Waals surface area contributed by atoms with Gasteiger partial charge in [-0.3, -0.25) is 14.5 Å². The van der Waals surface area contributed by atoms with Crippen LogP contribution in [0.2, 0.25) is 10.0 Å². The molecule has 2 N–H and O–H groups in total. The summed E-state index contributed by atoms with van der Waals surface area (Å²) in [4.78, 5) is 32.1. The molecule has 2 amide bonds. The third-order valence-corrected chi connectivity index (χ3v) is 7.49. The fraction of sp³-hybridized carbons (Fsp3) is 0.417. The average molecular weight is 489 g/mol. The Labute approximate surface area is 202 Å². The Bertz CT molecular complexity index is 1060. The third-order valence-electron chi connectivity index (χ3n) is 6.94. The second-order valence-corrected chi connectivity index (χ2v) is 9.94. The maximum atomic E-state index is 13.0. The predicted octanol–water partition coefficient (Wildman–Crippen LogP) is 3.45. The number of hydrogen-bond acceptors (Lipinski definition) is 5. The van der Waals surface area contributed by atoms with E-state index in [2.05, 4.69) is 15.1 Å². The number of phenolic OH excluding ortho intramolecular Hbond substituents is 1. The summed E-state index contributed by atoms with van der Waals surface area (Å²) in [5, 5.41) is 13.3. The van der Waals surface area contributed by atoms with Crippen molar-refractivity contribution in [2.75, 3.05) is 42.9 Å². The van der Waals surface area contributed by atoms with E-state index in [1.54, 1.807) is 6.07 Å². The number of phenols is 1. The van der Waals surface area contributed by atoms with Crippen molar-refractivity contribution in [3.8, 4) is 5.75 Å².